The molecule has 0 fully saturated rings. The summed E-state index contributed by atoms with van der Waals surface area (Å²) in [7, 11) is 0. The fraction of sp³-hybridized carbons (Fsp3) is 0.385. The number of halogens is 6. The van der Waals surface area contributed by atoms with Crippen LogP contribution in [0.3, 0.4) is 0 Å². The average molecular weight is 529 g/mol. The standard InChI is InChI=1S/C26H25F6NO4/c1-16-5-7-17(8-6-16)21-20(23(35)36)15-33-25(22(21)34,26(30,31)32)18-9-11-19(12-10-18)37-14-4-2-3-13-24(27,28)29/h5-12,33H,2-4,13-15H2,1H3,(H,35,36). The van der Waals surface area contributed by atoms with Crippen LogP contribution in [-0.2, 0) is 15.1 Å². The normalized spacial score (nSPS) is 18.7. The van der Waals surface area contributed by atoms with Crippen LogP contribution in [0.1, 0.15) is 42.4 Å². The number of hydrogen-bond acceptors (Lipinski definition) is 4. The Labute approximate surface area is 209 Å². The lowest BCUT2D eigenvalue weighted by molar-refractivity contribution is -0.199. The van der Waals surface area contributed by atoms with Crippen molar-refractivity contribution in [2.75, 3.05) is 13.2 Å². The highest BCUT2D eigenvalue weighted by Crippen LogP contribution is 2.46. The summed E-state index contributed by atoms with van der Waals surface area (Å²) < 4.78 is 85.7. The van der Waals surface area contributed by atoms with Gasteiger partial charge in [-0.05, 0) is 49.4 Å². The van der Waals surface area contributed by atoms with Crippen LogP contribution in [0.5, 0.6) is 5.75 Å². The molecule has 5 nitrogen and oxygen atoms in total. The number of alkyl halides is 6. The van der Waals surface area contributed by atoms with Crippen molar-refractivity contribution < 1.29 is 45.8 Å². The number of carbonyl (C=O) groups is 2. The average Bonchev–Trinajstić information content (AvgIpc) is 2.81. The van der Waals surface area contributed by atoms with Crippen LogP contribution in [-0.4, -0.2) is 42.4 Å². The van der Waals surface area contributed by atoms with Gasteiger partial charge >= 0.3 is 18.3 Å². The molecule has 0 aliphatic carbocycles. The van der Waals surface area contributed by atoms with Crippen LogP contribution in [0.25, 0.3) is 5.57 Å². The Balaban J connectivity index is 1.86. The minimum Gasteiger partial charge on any atom is -0.494 e. The molecule has 1 atom stereocenters. The first-order chi connectivity index (χ1) is 17.3. The van der Waals surface area contributed by atoms with Gasteiger partial charge in [-0.15, -0.1) is 0 Å². The van der Waals surface area contributed by atoms with Crippen molar-refractivity contribution in [3.05, 3.63) is 70.8 Å². The molecule has 0 saturated heterocycles. The van der Waals surface area contributed by atoms with Gasteiger partial charge in [-0.25, -0.2) is 4.79 Å². The van der Waals surface area contributed by atoms with Crippen LogP contribution in [0.4, 0.5) is 26.3 Å². The molecule has 1 aliphatic heterocycles. The Kier molecular flexibility index (Phi) is 8.36. The molecule has 200 valence electrons. The highest BCUT2D eigenvalue weighted by atomic mass is 19.4. The number of ketones is 1. The van der Waals surface area contributed by atoms with Gasteiger partial charge in [0, 0.05) is 18.5 Å². The lowest BCUT2D eigenvalue weighted by Gasteiger charge is -2.39. The van der Waals surface area contributed by atoms with E-state index in [1.54, 1.807) is 19.1 Å². The van der Waals surface area contributed by atoms with Crippen LogP contribution >= 0.6 is 0 Å². The fourth-order valence-corrected chi connectivity index (χ4v) is 4.14. The smallest absolute Gasteiger partial charge is 0.418 e. The quantitative estimate of drug-likeness (QED) is 0.310. The molecule has 37 heavy (non-hydrogen) atoms. The first-order valence-corrected chi connectivity index (χ1v) is 11.5. The van der Waals surface area contributed by atoms with Crippen molar-refractivity contribution in [3.63, 3.8) is 0 Å². The van der Waals surface area contributed by atoms with Gasteiger partial charge in [-0.2, -0.15) is 26.3 Å². The molecule has 2 aromatic rings. The second-order valence-electron chi connectivity index (χ2n) is 8.75. The van der Waals surface area contributed by atoms with Gasteiger partial charge in [0.05, 0.1) is 12.2 Å². The van der Waals surface area contributed by atoms with Crippen molar-refractivity contribution >= 4 is 17.3 Å². The molecule has 1 unspecified atom stereocenters. The van der Waals surface area contributed by atoms with E-state index < -0.39 is 59.3 Å². The SMILES string of the molecule is Cc1ccc(C2=C(C(=O)O)CNC(c3ccc(OCCCCCC(F)(F)F)cc3)(C(F)(F)F)C2=O)cc1. The zero-order valence-electron chi connectivity index (χ0n) is 19.8. The number of aryl methyl sites for hydroxylation is 1. The number of carboxylic acid groups (broad SMARTS) is 1. The summed E-state index contributed by atoms with van der Waals surface area (Å²) >= 11 is 0. The summed E-state index contributed by atoms with van der Waals surface area (Å²) in [4.78, 5) is 25.3. The number of aliphatic carboxylic acids is 1. The van der Waals surface area contributed by atoms with Crippen LogP contribution in [0.2, 0.25) is 0 Å². The maximum Gasteiger partial charge on any atom is 0.418 e. The first kappa shape index (κ1) is 28.2. The number of Topliss-reactive ketones (excluding diaryl/α,β-unsaturated/α-hetero) is 1. The van der Waals surface area contributed by atoms with E-state index in [0.29, 0.717) is 6.42 Å². The van der Waals surface area contributed by atoms with Gasteiger partial charge in [0.2, 0.25) is 5.54 Å². The van der Waals surface area contributed by atoms with Crippen LogP contribution < -0.4 is 10.1 Å². The number of carboxylic acids is 1. The summed E-state index contributed by atoms with van der Waals surface area (Å²) in [6.07, 6.45) is -9.70. The third-order valence-corrected chi connectivity index (χ3v) is 6.08. The van der Waals surface area contributed by atoms with E-state index in [1.807, 2.05) is 0 Å². The third kappa shape index (κ3) is 6.33. The van der Waals surface area contributed by atoms with Gasteiger partial charge < -0.3 is 9.84 Å². The highest BCUT2D eigenvalue weighted by Gasteiger charge is 2.63. The monoisotopic (exact) mass is 529 g/mol. The number of benzene rings is 2. The topological polar surface area (TPSA) is 75.6 Å². The van der Waals surface area contributed by atoms with E-state index in [4.69, 9.17) is 4.74 Å². The molecule has 3 rings (SSSR count). The Bertz CT molecular complexity index is 1150. The Morgan fingerprint density at radius 3 is 2.14 bits per heavy atom. The molecule has 1 aliphatic rings. The maximum absolute atomic E-state index is 14.6. The maximum atomic E-state index is 14.6. The number of rotatable bonds is 9. The largest absolute Gasteiger partial charge is 0.494 e. The molecular formula is C26H25F6NO4. The van der Waals surface area contributed by atoms with Gasteiger partial charge in [0.15, 0.2) is 5.78 Å². The molecular weight excluding hydrogens is 504 g/mol. The van der Waals surface area contributed by atoms with E-state index >= 15 is 0 Å². The molecule has 0 bridgehead atoms. The predicted molar refractivity (Wildman–Crippen MR) is 123 cm³/mol. The molecule has 1 heterocycles. The number of ether oxygens (including phenoxy) is 1. The Morgan fingerprint density at radius 1 is 0.973 bits per heavy atom. The van der Waals surface area contributed by atoms with Crippen LogP contribution in [0.15, 0.2) is 54.1 Å². The van der Waals surface area contributed by atoms with E-state index in [9.17, 15) is 41.0 Å². The summed E-state index contributed by atoms with van der Waals surface area (Å²) in [5.41, 5.74) is -3.80. The number of nitrogens with one attached hydrogen (secondary N) is 1. The zero-order chi connectivity index (χ0) is 27.4. The molecule has 2 N–H and O–H groups in total. The molecule has 11 heteroatoms. The molecule has 0 spiro atoms. The van der Waals surface area contributed by atoms with Gasteiger partial charge in [-0.3, -0.25) is 10.1 Å². The van der Waals surface area contributed by atoms with E-state index in [0.717, 1.165) is 17.7 Å². The summed E-state index contributed by atoms with van der Waals surface area (Å²) in [6.45, 7) is 1.10. The van der Waals surface area contributed by atoms with E-state index in [-0.39, 0.29) is 30.8 Å². The third-order valence-electron chi connectivity index (χ3n) is 6.08. The van der Waals surface area contributed by atoms with Gasteiger partial charge in [0.1, 0.15) is 5.75 Å². The van der Waals surface area contributed by atoms with Crippen molar-refractivity contribution in [3.8, 4) is 5.75 Å². The number of carbonyl (C=O) groups excluding carboxylic acids is 1. The molecule has 0 amide bonds. The summed E-state index contributed by atoms with van der Waals surface area (Å²) in [5.74, 6) is -2.77. The number of hydrogen-bond donors (Lipinski definition) is 2. The lowest BCUT2D eigenvalue weighted by atomic mass is 9.75. The molecule has 0 radical (unpaired) electrons. The van der Waals surface area contributed by atoms with Crippen molar-refractivity contribution in [2.45, 2.75) is 50.5 Å². The summed E-state index contributed by atoms with van der Waals surface area (Å²) in [5, 5.41) is 11.7. The Morgan fingerprint density at radius 2 is 1.59 bits per heavy atom. The second kappa shape index (κ2) is 11.0. The van der Waals surface area contributed by atoms with E-state index in [1.165, 1.54) is 24.3 Å². The second-order valence-corrected chi connectivity index (χ2v) is 8.75. The minimum atomic E-state index is -5.12. The van der Waals surface area contributed by atoms with Crippen molar-refractivity contribution in [1.82, 2.24) is 5.32 Å². The lowest BCUT2D eigenvalue weighted by Crippen LogP contribution is -2.62. The van der Waals surface area contributed by atoms with Crippen LogP contribution in [0, 0.1) is 6.92 Å². The predicted octanol–water partition coefficient (Wildman–Crippen LogP) is 5.96. The number of unbranched alkanes of at least 4 members (excludes halogenated alkanes) is 2. The van der Waals surface area contributed by atoms with Crippen molar-refractivity contribution in [2.24, 2.45) is 0 Å². The molecule has 2 aromatic carbocycles. The van der Waals surface area contributed by atoms with Gasteiger partial charge in [0.25, 0.3) is 0 Å². The molecule has 0 saturated carbocycles. The van der Waals surface area contributed by atoms with Crippen molar-refractivity contribution in [1.29, 1.82) is 0 Å². The first-order valence-electron chi connectivity index (χ1n) is 11.5. The Hall–Kier alpha value is -3.34. The molecule has 0 aromatic heterocycles. The van der Waals surface area contributed by atoms with E-state index in [2.05, 4.69) is 5.32 Å². The fourth-order valence-electron chi connectivity index (χ4n) is 4.14. The highest BCUT2D eigenvalue weighted by molar-refractivity contribution is 6.30. The zero-order valence-corrected chi connectivity index (χ0v) is 19.8. The van der Waals surface area contributed by atoms with Gasteiger partial charge in [-0.1, -0.05) is 42.0 Å². The summed E-state index contributed by atoms with van der Waals surface area (Å²) in [6, 6.07) is 10.5. The minimum absolute atomic E-state index is 0.0527.